The van der Waals surface area contributed by atoms with Gasteiger partial charge in [0, 0.05) is 50.5 Å². The highest BCUT2D eigenvalue weighted by Crippen LogP contribution is 2.19. The van der Waals surface area contributed by atoms with Crippen LogP contribution in [0.15, 0.2) is 29.3 Å². The highest BCUT2D eigenvalue weighted by molar-refractivity contribution is 5.89. The maximum absolute atomic E-state index is 12.3. The molecule has 2 amide bonds. The Morgan fingerprint density at radius 2 is 2.00 bits per heavy atom. The number of aliphatic imine (C=N–C) groups is 1. The van der Waals surface area contributed by atoms with Crippen LogP contribution in [-0.2, 0) is 6.54 Å². The summed E-state index contributed by atoms with van der Waals surface area (Å²) in [5.41, 5.74) is 1.91. The van der Waals surface area contributed by atoms with E-state index in [1.807, 2.05) is 23.1 Å². The molecule has 2 aliphatic heterocycles. The molecule has 0 bridgehead atoms. The van der Waals surface area contributed by atoms with Gasteiger partial charge >= 0.3 is 6.03 Å². The van der Waals surface area contributed by atoms with Gasteiger partial charge in [0.05, 0.1) is 6.54 Å². The Labute approximate surface area is 181 Å². The molecule has 2 atom stereocenters. The number of carbonyl (C=O) groups excluding carboxylic acids is 1. The smallest absolute Gasteiger partial charge is 0.321 e. The summed E-state index contributed by atoms with van der Waals surface area (Å²) in [7, 11) is 0. The van der Waals surface area contributed by atoms with Gasteiger partial charge in [-0.05, 0) is 57.2 Å². The molecule has 0 radical (unpaired) electrons. The number of carbonyl (C=O) groups is 1. The van der Waals surface area contributed by atoms with Gasteiger partial charge in [-0.1, -0.05) is 19.1 Å². The Bertz CT molecular complexity index is 728. The lowest BCUT2D eigenvalue weighted by Crippen LogP contribution is -2.46. The quantitative estimate of drug-likeness (QED) is 0.494. The molecule has 0 saturated carbocycles. The lowest BCUT2D eigenvalue weighted by molar-refractivity contribution is 0.222. The fourth-order valence-electron chi connectivity index (χ4n) is 4.15. The van der Waals surface area contributed by atoms with Crippen molar-refractivity contribution < 1.29 is 4.79 Å². The molecule has 0 spiro atoms. The van der Waals surface area contributed by atoms with Crippen molar-refractivity contribution in [2.24, 2.45) is 10.9 Å². The summed E-state index contributed by atoms with van der Waals surface area (Å²) in [5, 5.41) is 10.0. The standard InChI is InChI=1S/C23H38N6O/c1-5-24-22(27-21-16-29(17(2)3)15-18(21)4)25-14-19-9-8-10-20(13-19)26-23(30)28-11-6-7-12-28/h8-10,13,17-18,21H,5-7,11-12,14-16H2,1-4H3,(H,26,30)(H2,24,25,27). The summed E-state index contributed by atoms with van der Waals surface area (Å²) in [5.74, 6) is 1.44. The molecule has 2 aliphatic rings. The van der Waals surface area contributed by atoms with Crippen LogP contribution < -0.4 is 16.0 Å². The Kier molecular flexibility index (Phi) is 7.96. The molecule has 2 saturated heterocycles. The fourth-order valence-corrected chi connectivity index (χ4v) is 4.15. The predicted molar refractivity (Wildman–Crippen MR) is 124 cm³/mol. The summed E-state index contributed by atoms with van der Waals surface area (Å²) in [6.07, 6.45) is 2.19. The van der Waals surface area contributed by atoms with E-state index in [1.165, 1.54) is 0 Å². The van der Waals surface area contributed by atoms with E-state index < -0.39 is 0 Å². The second-order valence-corrected chi connectivity index (χ2v) is 8.80. The van der Waals surface area contributed by atoms with Crippen LogP contribution in [0.5, 0.6) is 0 Å². The monoisotopic (exact) mass is 414 g/mol. The van der Waals surface area contributed by atoms with Crippen LogP contribution in [0, 0.1) is 5.92 Å². The molecule has 2 unspecified atom stereocenters. The molecule has 1 aromatic rings. The molecular formula is C23H38N6O. The molecule has 2 heterocycles. The first-order valence-electron chi connectivity index (χ1n) is 11.4. The highest BCUT2D eigenvalue weighted by atomic mass is 16.2. The molecule has 166 valence electrons. The van der Waals surface area contributed by atoms with Gasteiger partial charge in [-0.25, -0.2) is 9.79 Å². The van der Waals surface area contributed by atoms with E-state index in [2.05, 4.69) is 54.6 Å². The van der Waals surface area contributed by atoms with Crippen LogP contribution in [0.2, 0.25) is 0 Å². The zero-order valence-electron chi connectivity index (χ0n) is 18.9. The predicted octanol–water partition coefficient (Wildman–Crippen LogP) is 3.10. The Morgan fingerprint density at radius 1 is 1.23 bits per heavy atom. The first-order chi connectivity index (χ1) is 14.5. The van der Waals surface area contributed by atoms with Crippen molar-refractivity contribution in [2.45, 2.75) is 59.2 Å². The third-order valence-corrected chi connectivity index (χ3v) is 6.03. The zero-order valence-corrected chi connectivity index (χ0v) is 18.9. The molecule has 7 nitrogen and oxygen atoms in total. The number of nitrogens with one attached hydrogen (secondary N) is 3. The van der Waals surface area contributed by atoms with Crippen molar-refractivity contribution in [3.63, 3.8) is 0 Å². The number of hydrogen-bond donors (Lipinski definition) is 3. The Morgan fingerprint density at radius 3 is 2.67 bits per heavy atom. The van der Waals surface area contributed by atoms with Crippen LogP contribution in [0.1, 0.15) is 46.1 Å². The van der Waals surface area contributed by atoms with Crippen molar-refractivity contribution in [3.05, 3.63) is 29.8 Å². The van der Waals surface area contributed by atoms with Crippen molar-refractivity contribution in [1.29, 1.82) is 0 Å². The summed E-state index contributed by atoms with van der Waals surface area (Å²) in [4.78, 5) is 21.5. The van der Waals surface area contributed by atoms with Crippen molar-refractivity contribution in [2.75, 3.05) is 38.0 Å². The van der Waals surface area contributed by atoms with Crippen LogP contribution in [0.25, 0.3) is 0 Å². The van der Waals surface area contributed by atoms with Gasteiger partial charge in [0.25, 0.3) is 0 Å². The van der Waals surface area contributed by atoms with E-state index in [9.17, 15) is 4.79 Å². The molecule has 2 fully saturated rings. The summed E-state index contributed by atoms with van der Waals surface area (Å²) in [6.45, 7) is 14.1. The van der Waals surface area contributed by atoms with Gasteiger partial charge in [0.1, 0.15) is 0 Å². The summed E-state index contributed by atoms with van der Waals surface area (Å²) in [6, 6.07) is 8.94. The van der Waals surface area contributed by atoms with E-state index in [1.54, 1.807) is 0 Å². The molecule has 30 heavy (non-hydrogen) atoms. The Hall–Kier alpha value is -2.28. The molecule has 3 rings (SSSR count). The van der Waals surface area contributed by atoms with Gasteiger partial charge in [0.15, 0.2) is 5.96 Å². The topological polar surface area (TPSA) is 72.0 Å². The van der Waals surface area contributed by atoms with Crippen molar-refractivity contribution in [1.82, 2.24) is 20.4 Å². The van der Waals surface area contributed by atoms with Crippen molar-refractivity contribution in [3.8, 4) is 0 Å². The summed E-state index contributed by atoms with van der Waals surface area (Å²) < 4.78 is 0. The normalized spacial score (nSPS) is 22.6. The number of rotatable bonds is 6. The minimum absolute atomic E-state index is 0.00640. The number of likely N-dealkylation sites (tertiary alicyclic amines) is 2. The minimum Gasteiger partial charge on any atom is -0.357 e. The van der Waals surface area contributed by atoms with E-state index in [4.69, 9.17) is 4.99 Å². The molecular weight excluding hydrogens is 376 g/mol. The number of nitrogens with zero attached hydrogens (tertiary/aromatic N) is 3. The number of urea groups is 1. The lowest BCUT2D eigenvalue weighted by atomic mass is 10.1. The summed E-state index contributed by atoms with van der Waals surface area (Å²) >= 11 is 0. The van der Waals surface area contributed by atoms with E-state index in [0.29, 0.717) is 24.5 Å². The van der Waals surface area contributed by atoms with Crippen LogP contribution >= 0.6 is 0 Å². The molecule has 0 aromatic heterocycles. The molecule has 3 N–H and O–H groups in total. The average molecular weight is 415 g/mol. The number of guanidine groups is 1. The van der Waals surface area contributed by atoms with Gasteiger partial charge in [-0.2, -0.15) is 0 Å². The maximum Gasteiger partial charge on any atom is 0.321 e. The second kappa shape index (κ2) is 10.7. The SMILES string of the molecule is CCNC(=NCc1cccc(NC(=O)N2CCCC2)c1)NC1CN(C(C)C)CC1C. The Balaban J connectivity index is 1.59. The third-order valence-electron chi connectivity index (χ3n) is 6.03. The molecule has 7 heteroatoms. The highest BCUT2D eigenvalue weighted by Gasteiger charge is 2.31. The van der Waals surface area contributed by atoms with Crippen LogP contribution in [-0.4, -0.2) is 66.6 Å². The minimum atomic E-state index is -0.00640. The zero-order chi connectivity index (χ0) is 21.5. The van der Waals surface area contributed by atoms with Crippen molar-refractivity contribution >= 4 is 17.7 Å². The average Bonchev–Trinajstić information content (AvgIpc) is 3.37. The first-order valence-corrected chi connectivity index (χ1v) is 11.4. The third kappa shape index (κ3) is 6.11. The number of hydrogen-bond acceptors (Lipinski definition) is 3. The number of benzene rings is 1. The van der Waals surface area contributed by atoms with Gasteiger partial charge in [0.2, 0.25) is 0 Å². The maximum atomic E-state index is 12.3. The lowest BCUT2D eigenvalue weighted by Gasteiger charge is -2.22. The van der Waals surface area contributed by atoms with Gasteiger partial charge in [-0.15, -0.1) is 0 Å². The molecule has 0 aliphatic carbocycles. The number of anilines is 1. The largest absolute Gasteiger partial charge is 0.357 e. The number of amides is 2. The van der Waals surface area contributed by atoms with Crippen LogP contribution in [0.4, 0.5) is 10.5 Å². The van der Waals surface area contributed by atoms with E-state index in [0.717, 1.165) is 62.8 Å². The molecule has 1 aromatic carbocycles. The van der Waals surface area contributed by atoms with Gasteiger partial charge in [-0.3, -0.25) is 4.90 Å². The fraction of sp³-hybridized carbons (Fsp3) is 0.652. The van der Waals surface area contributed by atoms with E-state index in [-0.39, 0.29) is 6.03 Å². The van der Waals surface area contributed by atoms with E-state index >= 15 is 0 Å². The second-order valence-electron chi connectivity index (χ2n) is 8.80. The van der Waals surface area contributed by atoms with Crippen LogP contribution in [0.3, 0.4) is 0 Å². The first kappa shape index (κ1) is 22.4. The van der Waals surface area contributed by atoms with Gasteiger partial charge < -0.3 is 20.9 Å².